The van der Waals surface area contributed by atoms with E-state index in [0.717, 1.165) is 0 Å². The van der Waals surface area contributed by atoms with E-state index in [1.54, 1.807) is 38.2 Å². The molecule has 31 heavy (non-hydrogen) atoms. The second kappa shape index (κ2) is 7.33. The lowest BCUT2D eigenvalue weighted by Crippen LogP contribution is -2.64. The van der Waals surface area contributed by atoms with Crippen molar-refractivity contribution in [1.29, 1.82) is 0 Å². The van der Waals surface area contributed by atoms with E-state index in [-0.39, 0.29) is 10.6 Å². The van der Waals surface area contributed by atoms with Crippen LogP contribution in [0.25, 0.3) is 0 Å². The minimum absolute atomic E-state index is 0.0827. The molecular weight excluding hydrogens is 422 g/mol. The minimum Gasteiger partial charge on any atom is -0.497 e. The van der Waals surface area contributed by atoms with E-state index in [2.05, 4.69) is 0 Å². The number of piperidine rings is 1. The number of nitrogens with zero attached hydrogens (tertiary/aromatic N) is 1. The summed E-state index contributed by atoms with van der Waals surface area (Å²) in [6.07, 6.45) is 0.325. The van der Waals surface area contributed by atoms with Crippen molar-refractivity contribution in [1.82, 2.24) is 4.90 Å². The Morgan fingerprint density at radius 1 is 1.03 bits per heavy atom. The maximum absolute atomic E-state index is 13.9. The Balaban J connectivity index is 1.92. The number of ether oxygens (including phenoxy) is 4. The summed E-state index contributed by atoms with van der Waals surface area (Å²) in [6.45, 7) is 1.79. The van der Waals surface area contributed by atoms with Crippen LogP contribution < -0.4 is 18.9 Å². The highest BCUT2D eigenvalue weighted by Gasteiger charge is 2.57. The van der Waals surface area contributed by atoms with E-state index < -0.39 is 32.6 Å². The van der Waals surface area contributed by atoms with E-state index in [1.807, 2.05) is 0 Å². The van der Waals surface area contributed by atoms with Crippen molar-refractivity contribution in [2.75, 3.05) is 28.4 Å². The maximum atomic E-state index is 13.9. The molecule has 1 saturated heterocycles. The van der Waals surface area contributed by atoms with Crippen LogP contribution in [0.1, 0.15) is 24.8 Å². The van der Waals surface area contributed by atoms with E-state index in [4.69, 9.17) is 18.9 Å². The van der Waals surface area contributed by atoms with E-state index >= 15 is 0 Å². The molecule has 4 rings (SSSR count). The third-order valence-electron chi connectivity index (χ3n) is 6.21. The van der Waals surface area contributed by atoms with Gasteiger partial charge in [-0.3, -0.25) is 4.79 Å². The van der Waals surface area contributed by atoms with Gasteiger partial charge in [-0.05, 0) is 37.3 Å². The number of sulfone groups is 1. The Bertz CT molecular complexity index is 1150. The van der Waals surface area contributed by atoms with Crippen LogP contribution in [0.15, 0.2) is 41.3 Å². The van der Waals surface area contributed by atoms with Gasteiger partial charge in [0.2, 0.25) is 5.91 Å². The fourth-order valence-electron chi connectivity index (χ4n) is 4.40. The Labute approximate surface area is 181 Å². The van der Waals surface area contributed by atoms with Crippen LogP contribution >= 0.6 is 0 Å². The Morgan fingerprint density at radius 2 is 1.68 bits per heavy atom. The molecule has 0 aliphatic carbocycles. The number of hydrogen-bond acceptors (Lipinski definition) is 7. The molecule has 0 radical (unpaired) electrons. The highest BCUT2D eigenvalue weighted by Crippen LogP contribution is 2.51. The van der Waals surface area contributed by atoms with Crippen LogP contribution in [0.5, 0.6) is 23.0 Å². The summed E-state index contributed by atoms with van der Waals surface area (Å²) in [5.74, 6) is 0.465. The first-order chi connectivity index (χ1) is 14.7. The molecule has 0 N–H and O–H groups in total. The lowest BCUT2D eigenvalue weighted by molar-refractivity contribution is -0.159. The zero-order valence-corrected chi connectivity index (χ0v) is 18.9. The Morgan fingerprint density at radius 3 is 2.32 bits per heavy atom. The zero-order chi connectivity index (χ0) is 22.6. The SMILES string of the molecule is COc1ccc2c(c1)[C@H]1C[C@@](C)(O2)N(C)C(=O)[C@@H]1S(=O)(=O)c1cc(OC)ccc1OC. The number of methoxy groups -OCH3 is 3. The molecule has 2 aliphatic rings. The quantitative estimate of drug-likeness (QED) is 0.696. The molecule has 2 aromatic rings. The van der Waals surface area contributed by atoms with Crippen molar-refractivity contribution in [3.8, 4) is 23.0 Å². The lowest BCUT2D eigenvalue weighted by atomic mass is 9.80. The number of fused-ring (bicyclic) bond motifs is 4. The number of carbonyl (C=O) groups is 1. The monoisotopic (exact) mass is 447 g/mol. The Kier molecular flexibility index (Phi) is 5.04. The number of amides is 1. The molecule has 0 spiro atoms. The van der Waals surface area contributed by atoms with Gasteiger partial charge in [-0.15, -0.1) is 0 Å². The molecule has 9 heteroatoms. The zero-order valence-electron chi connectivity index (χ0n) is 18.0. The molecule has 1 fully saturated rings. The topological polar surface area (TPSA) is 91.4 Å². The lowest BCUT2D eigenvalue weighted by Gasteiger charge is -2.51. The maximum Gasteiger partial charge on any atom is 0.244 e. The second-order valence-corrected chi connectivity index (χ2v) is 9.91. The molecule has 2 bridgehead atoms. The summed E-state index contributed by atoms with van der Waals surface area (Å²) in [5, 5.41) is -1.35. The molecular formula is C22H25NO7S. The first-order valence-electron chi connectivity index (χ1n) is 9.77. The summed E-state index contributed by atoms with van der Waals surface area (Å²) in [4.78, 5) is 14.7. The first kappa shape index (κ1) is 21.3. The fourth-order valence-corrected chi connectivity index (χ4v) is 6.48. The predicted octanol–water partition coefficient (Wildman–Crippen LogP) is 2.61. The molecule has 1 amide bonds. The van der Waals surface area contributed by atoms with Gasteiger partial charge in [0, 0.05) is 31.0 Å². The number of rotatable bonds is 5. The highest BCUT2D eigenvalue weighted by atomic mass is 32.2. The van der Waals surface area contributed by atoms with Crippen molar-refractivity contribution in [2.24, 2.45) is 0 Å². The number of benzene rings is 2. The molecule has 3 atom stereocenters. The van der Waals surface area contributed by atoms with Crippen LogP contribution in [0, 0.1) is 0 Å². The second-order valence-electron chi connectivity index (χ2n) is 7.87. The molecule has 166 valence electrons. The van der Waals surface area contributed by atoms with Crippen molar-refractivity contribution < 1.29 is 32.2 Å². The largest absolute Gasteiger partial charge is 0.497 e. The van der Waals surface area contributed by atoms with Gasteiger partial charge in [0.05, 0.1) is 21.3 Å². The molecule has 2 aromatic carbocycles. The van der Waals surface area contributed by atoms with E-state index in [1.165, 1.54) is 38.4 Å². The van der Waals surface area contributed by atoms with Gasteiger partial charge in [0.15, 0.2) is 20.8 Å². The highest BCUT2D eigenvalue weighted by molar-refractivity contribution is 7.93. The third-order valence-corrected chi connectivity index (χ3v) is 8.34. The van der Waals surface area contributed by atoms with Crippen LogP contribution in [0.3, 0.4) is 0 Å². The molecule has 2 aliphatic heterocycles. The van der Waals surface area contributed by atoms with E-state index in [9.17, 15) is 13.2 Å². The smallest absolute Gasteiger partial charge is 0.244 e. The third kappa shape index (κ3) is 3.18. The van der Waals surface area contributed by atoms with Gasteiger partial charge in [-0.2, -0.15) is 0 Å². The molecule has 8 nitrogen and oxygen atoms in total. The van der Waals surface area contributed by atoms with Crippen molar-refractivity contribution >= 4 is 15.7 Å². The number of likely N-dealkylation sites (tertiary alicyclic amines) is 1. The van der Waals surface area contributed by atoms with Gasteiger partial charge in [0.1, 0.15) is 27.9 Å². The van der Waals surface area contributed by atoms with Crippen LogP contribution in [0.2, 0.25) is 0 Å². The van der Waals surface area contributed by atoms with Crippen molar-refractivity contribution in [2.45, 2.75) is 35.1 Å². The fraction of sp³-hybridized carbons (Fsp3) is 0.409. The average Bonchev–Trinajstić information content (AvgIpc) is 2.76. The minimum atomic E-state index is -4.15. The van der Waals surface area contributed by atoms with Crippen LogP contribution in [-0.4, -0.2) is 58.6 Å². The number of hydrogen-bond donors (Lipinski definition) is 0. The van der Waals surface area contributed by atoms with E-state index in [0.29, 0.717) is 29.2 Å². The van der Waals surface area contributed by atoms with Gasteiger partial charge in [-0.25, -0.2) is 8.42 Å². The first-order valence-corrected chi connectivity index (χ1v) is 11.3. The summed E-state index contributed by atoms with van der Waals surface area (Å²) < 4.78 is 49.8. The van der Waals surface area contributed by atoms with Gasteiger partial charge in [-0.1, -0.05) is 0 Å². The number of carbonyl (C=O) groups excluding carboxylic acids is 1. The van der Waals surface area contributed by atoms with Gasteiger partial charge in [0.25, 0.3) is 0 Å². The predicted molar refractivity (Wildman–Crippen MR) is 113 cm³/mol. The molecule has 2 heterocycles. The average molecular weight is 448 g/mol. The summed E-state index contributed by atoms with van der Waals surface area (Å²) in [7, 11) is 1.79. The van der Waals surface area contributed by atoms with Gasteiger partial charge < -0.3 is 23.8 Å². The molecule has 0 saturated carbocycles. The summed E-state index contributed by atoms with van der Waals surface area (Å²) >= 11 is 0. The Hall–Kier alpha value is -2.94. The van der Waals surface area contributed by atoms with Crippen molar-refractivity contribution in [3.05, 3.63) is 42.0 Å². The molecule has 0 aromatic heterocycles. The van der Waals surface area contributed by atoms with Crippen LogP contribution in [-0.2, 0) is 14.6 Å². The summed E-state index contributed by atoms with van der Waals surface area (Å²) in [5.41, 5.74) is -0.318. The summed E-state index contributed by atoms with van der Waals surface area (Å²) in [6, 6.07) is 9.76. The van der Waals surface area contributed by atoms with Gasteiger partial charge >= 0.3 is 0 Å². The van der Waals surface area contributed by atoms with Crippen molar-refractivity contribution in [3.63, 3.8) is 0 Å². The van der Waals surface area contributed by atoms with Crippen LogP contribution in [0.4, 0.5) is 0 Å². The standard InChI is InChI=1S/C22H25NO7S/c1-22-12-16(15-10-13(27-3)6-8-17(15)30-22)20(21(24)23(22)2)31(25,26)19-11-14(28-4)7-9-18(19)29-5/h6-11,16,20H,12H2,1-5H3/t16-,20-,22-/m1/s1. The normalized spacial score (nSPS) is 24.8. The molecule has 0 unspecified atom stereocenters.